The first-order chi connectivity index (χ1) is 18.3. The highest BCUT2D eigenvalue weighted by atomic mass is 19.1. The zero-order valence-electron chi connectivity index (χ0n) is 20.9. The number of nitrogens with zero attached hydrogens (tertiary/aromatic N) is 6. The summed E-state index contributed by atoms with van der Waals surface area (Å²) in [7, 11) is 1.74. The van der Waals surface area contributed by atoms with E-state index in [1.165, 1.54) is 15.3 Å². The number of hydrogen-bond acceptors (Lipinski definition) is 5. The average molecular weight is 516 g/mol. The van der Waals surface area contributed by atoms with E-state index in [0.717, 1.165) is 17.7 Å². The molecule has 11 heteroatoms. The van der Waals surface area contributed by atoms with Gasteiger partial charge >= 0.3 is 5.69 Å². The van der Waals surface area contributed by atoms with Gasteiger partial charge in [0, 0.05) is 37.5 Å². The SMILES string of the molecule is Cc1cc(-n2nc3c(c2-n2ccn(-c4ccc5c(cnn5C)c4F)c2=O)[C@@H]2CC34OC[C@H]4N2)cc(C)c1F. The van der Waals surface area contributed by atoms with Crippen LogP contribution in [-0.2, 0) is 17.4 Å². The molecule has 2 saturated heterocycles. The summed E-state index contributed by atoms with van der Waals surface area (Å²) in [5.41, 5.74) is 3.08. The fourth-order valence-corrected chi connectivity index (χ4v) is 6.47. The van der Waals surface area contributed by atoms with E-state index >= 15 is 4.39 Å². The maximum absolute atomic E-state index is 15.5. The van der Waals surface area contributed by atoms with Crippen molar-refractivity contribution in [3.8, 4) is 17.2 Å². The van der Waals surface area contributed by atoms with Crippen LogP contribution in [-0.4, -0.2) is 41.3 Å². The molecule has 5 aromatic rings. The van der Waals surface area contributed by atoms with Gasteiger partial charge in [0.2, 0.25) is 0 Å². The van der Waals surface area contributed by atoms with Crippen molar-refractivity contribution in [1.29, 1.82) is 0 Å². The fourth-order valence-electron chi connectivity index (χ4n) is 6.47. The van der Waals surface area contributed by atoms with E-state index in [1.54, 1.807) is 66.9 Å². The normalized spacial score (nSPS) is 23.2. The van der Waals surface area contributed by atoms with Crippen molar-refractivity contribution >= 4 is 10.9 Å². The van der Waals surface area contributed by atoms with E-state index in [4.69, 9.17) is 9.84 Å². The Hall–Kier alpha value is -4.09. The Bertz CT molecular complexity index is 1870. The van der Waals surface area contributed by atoms with Crippen LogP contribution < -0.4 is 11.0 Å². The third-order valence-corrected chi connectivity index (χ3v) is 8.40. The third-order valence-electron chi connectivity index (χ3n) is 8.40. The smallest absolute Gasteiger partial charge is 0.338 e. The van der Waals surface area contributed by atoms with E-state index in [1.807, 2.05) is 0 Å². The second kappa shape index (κ2) is 7.06. The molecule has 38 heavy (non-hydrogen) atoms. The highest BCUT2D eigenvalue weighted by Crippen LogP contribution is 2.58. The fraction of sp³-hybridized carbons (Fsp3) is 0.296. The van der Waals surface area contributed by atoms with Crippen LogP contribution in [0.4, 0.5) is 8.78 Å². The number of aromatic nitrogens is 6. The number of rotatable bonds is 3. The van der Waals surface area contributed by atoms with Crippen molar-refractivity contribution in [2.24, 2.45) is 7.05 Å². The van der Waals surface area contributed by atoms with E-state index < -0.39 is 17.1 Å². The minimum absolute atomic E-state index is 0.0392. The molecule has 0 radical (unpaired) electrons. The monoisotopic (exact) mass is 515 g/mol. The van der Waals surface area contributed by atoms with Crippen molar-refractivity contribution < 1.29 is 13.5 Å². The van der Waals surface area contributed by atoms with Crippen molar-refractivity contribution in [2.75, 3.05) is 6.61 Å². The van der Waals surface area contributed by atoms with Gasteiger partial charge in [-0.1, -0.05) is 0 Å². The summed E-state index contributed by atoms with van der Waals surface area (Å²) in [5, 5.41) is 13.0. The molecule has 5 heterocycles. The molecule has 1 unspecified atom stereocenters. The largest absolute Gasteiger partial charge is 0.365 e. The number of halogens is 2. The van der Waals surface area contributed by atoms with Crippen molar-refractivity contribution in [1.82, 2.24) is 34.0 Å². The molecule has 3 atom stereocenters. The van der Waals surface area contributed by atoms with Gasteiger partial charge in [0.05, 0.1) is 41.1 Å². The van der Waals surface area contributed by atoms with Crippen molar-refractivity contribution in [2.45, 2.75) is 38.0 Å². The molecule has 8 rings (SSSR count). The summed E-state index contributed by atoms with van der Waals surface area (Å²) in [4.78, 5) is 13.9. The minimum atomic E-state index is -0.524. The highest BCUT2D eigenvalue weighted by molar-refractivity contribution is 5.81. The highest BCUT2D eigenvalue weighted by Gasteiger charge is 2.65. The molecule has 2 fully saturated rings. The van der Waals surface area contributed by atoms with Crippen LogP contribution >= 0.6 is 0 Å². The third kappa shape index (κ3) is 2.52. The summed E-state index contributed by atoms with van der Waals surface area (Å²) in [5.74, 6) is -0.257. The minimum Gasteiger partial charge on any atom is -0.365 e. The lowest BCUT2D eigenvalue weighted by Gasteiger charge is -2.43. The summed E-state index contributed by atoms with van der Waals surface area (Å²) in [6.07, 6.45) is 5.37. The predicted octanol–water partition coefficient (Wildman–Crippen LogP) is 3.24. The van der Waals surface area contributed by atoms with Crippen LogP contribution in [0.25, 0.3) is 28.1 Å². The lowest BCUT2D eigenvalue weighted by atomic mass is 9.88. The van der Waals surface area contributed by atoms with Crippen molar-refractivity contribution in [3.05, 3.63) is 87.4 Å². The van der Waals surface area contributed by atoms with Gasteiger partial charge in [0.1, 0.15) is 22.9 Å². The molecule has 0 amide bonds. The zero-order chi connectivity index (χ0) is 26.1. The Kier molecular flexibility index (Phi) is 4.08. The Morgan fingerprint density at radius 2 is 1.87 bits per heavy atom. The van der Waals surface area contributed by atoms with E-state index in [2.05, 4.69) is 10.4 Å². The van der Waals surface area contributed by atoms with Crippen molar-refractivity contribution in [3.63, 3.8) is 0 Å². The van der Waals surface area contributed by atoms with Gasteiger partial charge in [-0.2, -0.15) is 10.2 Å². The summed E-state index contributed by atoms with van der Waals surface area (Å²) < 4.78 is 42.2. The van der Waals surface area contributed by atoms with Gasteiger partial charge in [0.25, 0.3) is 0 Å². The molecule has 2 bridgehead atoms. The molecule has 1 N–H and O–H groups in total. The molecule has 1 spiro atoms. The first kappa shape index (κ1) is 21.9. The first-order valence-corrected chi connectivity index (χ1v) is 12.5. The number of hydrogen-bond donors (Lipinski definition) is 1. The van der Waals surface area contributed by atoms with E-state index in [0.29, 0.717) is 40.1 Å². The lowest BCUT2D eigenvalue weighted by Crippen LogP contribution is -2.57. The summed E-state index contributed by atoms with van der Waals surface area (Å²) in [6, 6.07) is 6.90. The molecule has 2 aliphatic heterocycles. The second-order valence-corrected chi connectivity index (χ2v) is 10.5. The number of imidazole rings is 1. The molecular formula is C27H23F2N7O2. The first-order valence-electron chi connectivity index (χ1n) is 12.5. The molecule has 3 aromatic heterocycles. The average Bonchev–Trinajstić information content (AvgIpc) is 3.66. The molecule has 2 aromatic carbocycles. The Morgan fingerprint density at radius 1 is 1.11 bits per heavy atom. The number of nitrogens with one attached hydrogen (secondary N) is 1. The Balaban J connectivity index is 1.36. The quantitative estimate of drug-likeness (QED) is 0.399. The molecular weight excluding hydrogens is 492 g/mol. The second-order valence-electron chi connectivity index (χ2n) is 10.5. The van der Waals surface area contributed by atoms with Gasteiger partial charge in [-0.3, -0.25) is 13.8 Å². The van der Waals surface area contributed by atoms with Gasteiger partial charge in [-0.25, -0.2) is 18.3 Å². The molecule has 1 aliphatic carbocycles. The van der Waals surface area contributed by atoms with E-state index in [9.17, 15) is 9.18 Å². The topological polar surface area (TPSA) is 83.8 Å². The lowest BCUT2D eigenvalue weighted by molar-refractivity contribution is -0.164. The standard InChI is InChI=1S/C27H23F2N7O2/c1-13-8-15(9-14(2)22(13)28)36-25(21-17-10-27(24(21)32-36)20(31-17)12-38-27)35-7-6-34(26(35)37)19-5-4-18-16(23(19)29)11-30-33(18)3/h4-9,11,17,20,31H,10,12H2,1-3H3/t17-,20+,27?/m0/s1. The Morgan fingerprint density at radius 3 is 2.61 bits per heavy atom. The number of aryl methyl sites for hydroxylation is 3. The molecule has 0 saturated carbocycles. The summed E-state index contributed by atoms with van der Waals surface area (Å²) in [6.45, 7) is 4.02. The number of benzene rings is 2. The van der Waals surface area contributed by atoms with Gasteiger partial charge in [-0.05, 0) is 49.2 Å². The van der Waals surface area contributed by atoms with E-state index in [-0.39, 0.29) is 23.6 Å². The zero-order valence-corrected chi connectivity index (χ0v) is 20.9. The summed E-state index contributed by atoms with van der Waals surface area (Å²) >= 11 is 0. The van der Waals surface area contributed by atoms with Crippen LogP contribution in [0.15, 0.2) is 47.7 Å². The van der Waals surface area contributed by atoms with Gasteiger partial charge < -0.3 is 10.1 Å². The Labute approximate surface area is 214 Å². The van der Waals surface area contributed by atoms with Crippen LogP contribution in [0.2, 0.25) is 0 Å². The number of ether oxygens (including phenoxy) is 1. The molecule has 192 valence electrons. The molecule has 3 aliphatic rings. The van der Waals surface area contributed by atoms with Crippen LogP contribution in [0.1, 0.15) is 34.8 Å². The van der Waals surface area contributed by atoms with Gasteiger partial charge in [0.15, 0.2) is 5.82 Å². The van der Waals surface area contributed by atoms with Crippen LogP contribution in [0.3, 0.4) is 0 Å². The maximum atomic E-state index is 15.5. The maximum Gasteiger partial charge on any atom is 0.338 e. The molecule has 9 nitrogen and oxygen atoms in total. The van der Waals surface area contributed by atoms with Crippen LogP contribution in [0.5, 0.6) is 0 Å². The van der Waals surface area contributed by atoms with Crippen LogP contribution in [0, 0.1) is 25.5 Å². The number of fused-ring (bicyclic) bond motifs is 4. The van der Waals surface area contributed by atoms with Gasteiger partial charge in [-0.15, -0.1) is 0 Å². The predicted molar refractivity (Wildman–Crippen MR) is 134 cm³/mol.